The molecule has 3 aromatic rings. The third-order valence-corrected chi connectivity index (χ3v) is 5.05. The quantitative estimate of drug-likeness (QED) is 0.391. The molecule has 0 atom stereocenters. The van der Waals surface area contributed by atoms with Crippen molar-refractivity contribution in [2.45, 2.75) is 13.3 Å². The molecular weight excluding hydrogens is 464 g/mol. The van der Waals surface area contributed by atoms with Crippen LogP contribution in [0.1, 0.15) is 23.7 Å². The average Bonchev–Trinajstić information content (AvgIpc) is 2.80. The van der Waals surface area contributed by atoms with Crippen LogP contribution in [0.5, 0.6) is 17.2 Å². The van der Waals surface area contributed by atoms with Crippen LogP contribution in [0.15, 0.2) is 47.1 Å². The highest BCUT2D eigenvalue weighted by Crippen LogP contribution is 2.40. The lowest BCUT2D eigenvalue weighted by atomic mass is 10.1. The molecule has 2 aromatic carbocycles. The van der Waals surface area contributed by atoms with E-state index >= 15 is 0 Å². The highest BCUT2D eigenvalue weighted by molar-refractivity contribution is 9.10. The number of nitrogens with one attached hydrogen (secondary N) is 2. The highest BCUT2D eigenvalue weighted by atomic mass is 79.9. The molecule has 0 radical (unpaired) electrons. The first-order valence-corrected chi connectivity index (χ1v) is 10.3. The topological polar surface area (TPSA) is 94.6 Å². The molecule has 0 fully saturated rings. The van der Waals surface area contributed by atoms with Gasteiger partial charge in [-0.1, -0.05) is 19.1 Å². The zero-order valence-electron chi connectivity index (χ0n) is 17.7. The van der Waals surface area contributed by atoms with Crippen LogP contribution in [0.2, 0.25) is 0 Å². The van der Waals surface area contributed by atoms with Gasteiger partial charge in [-0.05, 0) is 28.1 Å². The van der Waals surface area contributed by atoms with E-state index in [0.29, 0.717) is 56.8 Å². The number of aromatic nitrogens is 2. The number of halogens is 1. The van der Waals surface area contributed by atoms with E-state index in [2.05, 4.69) is 36.5 Å². The maximum Gasteiger partial charge on any atom is 0.229 e. The summed E-state index contributed by atoms with van der Waals surface area (Å²) in [6.45, 7) is 1.83. The number of Topliss-reactive ketones (excluding diaryl/α,β-unsaturated/α-hetero) is 1. The Labute approximate surface area is 189 Å². The van der Waals surface area contributed by atoms with E-state index in [4.69, 9.17) is 14.2 Å². The molecule has 31 heavy (non-hydrogen) atoms. The van der Waals surface area contributed by atoms with Gasteiger partial charge in [0.25, 0.3) is 0 Å². The van der Waals surface area contributed by atoms with Gasteiger partial charge in [-0.3, -0.25) is 4.79 Å². The lowest BCUT2D eigenvalue weighted by Gasteiger charge is -2.15. The fraction of sp³-hybridized carbons (Fsp3) is 0.227. The predicted octanol–water partition coefficient (Wildman–Crippen LogP) is 5.34. The van der Waals surface area contributed by atoms with E-state index in [1.807, 2.05) is 25.1 Å². The summed E-state index contributed by atoms with van der Waals surface area (Å²) in [5.74, 6) is 2.41. The van der Waals surface area contributed by atoms with Gasteiger partial charge in [-0.2, -0.15) is 4.98 Å². The molecule has 1 aromatic heterocycles. The molecule has 0 saturated heterocycles. The molecule has 8 nitrogen and oxygen atoms in total. The Kier molecular flexibility index (Phi) is 7.30. The highest BCUT2D eigenvalue weighted by Gasteiger charge is 2.15. The van der Waals surface area contributed by atoms with Crippen molar-refractivity contribution in [2.24, 2.45) is 0 Å². The van der Waals surface area contributed by atoms with Crippen molar-refractivity contribution in [3.05, 3.63) is 52.6 Å². The zero-order chi connectivity index (χ0) is 22.4. The van der Waals surface area contributed by atoms with Crippen LogP contribution in [0, 0.1) is 0 Å². The summed E-state index contributed by atoms with van der Waals surface area (Å²) in [4.78, 5) is 21.1. The van der Waals surface area contributed by atoms with Gasteiger partial charge in [-0.25, -0.2) is 4.98 Å². The molecule has 0 unspecified atom stereocenters. The number of hydrogen-bond donors (Lipinski definition) is 2. The van der Waals surface area contributed by atoms with Crippen LogP contribution in [0.3, 0.4) is 0 Å². The molecule has 0 aliphatic rings. The molecule has 0 aliphatic heterocycles. The Morgan fingerprint density at radius 2 is 1.71 bits per heavy atom. The smallest absolute Gasteiger partial charge is 0.229 e. The molecule has 0 aliphatic carbocycles. The SMILES string of the molecule is CCC(=O)c1ccccc1Nc1nc(Nc2cc(OC)c(OC)c(OC)c2)ncc1Br. The van der Waals surface area contributed by atoms with E-state index in [1.54, 1.807) is 45.7 Å². The summed E-state index contributed by atoms with van der Waals surface area (Å²) in [7, 11) is 4.65. The molecule has 0 saturated carbocycles. The summed E-state index contributed by atoms with van der Waals surface area (Å²) in [5.41, 5.74) is 1.94. The Bertz CT molecular complexity index is 1070. The van der Waals surface area contributed by atoms with Gasteiger partial charge in [0.1, 0.15) is 5.82 Å². The molecule has 9 heteroatoms. The van der Waals surface area contributed by atoms with Gasteiger partial charge in [0, 0.05) is 36.0 Å². The van der Waals surface area contributed by atoms with Crippen molar-refractivity contribution in [3.8, 4) is 17.2 Å². The average molecular weight is 487 g/mol. The van der Waals surface area contributed by atoms with E-state index in [9.17, 15) is 4.79 Å². The third kappa shape index (κ3) is 5.05. The number of anilines is 4. The maximum absolute atomic E-state index is 12.3. The molecule has 0 amide bonds. The molecular formula is C22H23BrN4O4. The number of para-hydroxylation sites is 1. The van der Waals surface area contributed by atoms with Crippen LogP contribution < -0.4 is 24.8 Å². The van der Waals surface area contributed by atoms with Crippen LogP contribution in [0.4, 0.5) is 23.1 Å². The first kappa shape index (κ1) is 22.4. The molecule has 0 bridgehead atoms. The van der Waals surface area contributed by atoms with E-state index in [-0.39, 0.29) is 5.78 Å². The number of ketones is 1. The van der Waals surface area contributed by atoms with Crippen LogP contribution in [0.25, 0.3) is 0 Å². The van der Waals surface area contributed by atoms with Crippen molar-refractivity contribution in [2.75, 3.05) is 32.0 Å². The molecule has 3 rings (SSSR count). The third-order valence-electron chi connectivity index (χ3n) is 4.47. The second-order valence-electron chi connectivity index (χ2n) is 6.38. The summed E-state index contributed by atoms with van der Waals surface area (Å²) in [6.07, 6.45) is 2.04. The predicted molar refractivity (Wildman–Crippen MR) is 123 cm³/mol. The van der Waals surface area contributed by atoms with Crippen LogP contribution in [-0.4, -0.2) is 37.1 Å². The number of hydrogen-bond acceptors (Lipinski definition) is 8. The second-order valence-corrected chi connectivity index (χ2v) is 7.23. The Morgan fingerprint density at radius 1 is 1.03 bits per heavy atom. The number of benzene rings is 2. The van der Waals surface area contributed by atoms with Crippen molar-refractivity contribution in [1.29, 1.82) is 0 Å². The summed E-state index contributed by atoms with van der Waals surface area (Å²) in [5, 5.41) is 6.36. The minimum atomic E-state index is 0.0454. The van der Waals surface area contributed by atoms with Crippen molar-refractivity contribution in [3.63, 3.8) is 0 Å². The zero-order valence-corrected chi connectivity index (χ0v) is 19.2. The van der Waals surface area contributed by atoms with Gasteiger partial charge >= 0.3 is 0 Å². The van der Waals surface area contributed by atoms with Gasteiger partial charge in [0.2, 0.25) is 11.7 Å². The van der Waals surface area contributed by atoms with Crippen molar-refractivity contribution < 1.29 is 19.0 Å². The summed E-state index contributed by atoms with van der Waals surface area (Å²) >= 11 is 3.46. The number of methoxy groups -OCH3 is 3. The molecule has 1 heterocycles. The number of ether oxygens (including phenoxy) is 3. The van der Waals surface area contributed by atoms with Gasteiger partial charge < -0.3 is 24.8 Å². The fourth-order valence-corrected chi connectivity index (χ4v) is 3.24. The second kappa shape index (κ2) is 10.1. The number of nitrogens with zero attached hydrogens (tertiary/aromatic N) is 2. The molecule has 162 valence electrons. The monoisotopic (exact) mass is 486 g/mol. The van der Waals surface area contributed by atoms with Crippen molar-refractivity contribution in [1.82, 2.24) is 9.97 Å². The lowest BCUT2D eigenvalue weighted by molar-refractivity contribution is 0.0989. The number of carbonyl (C=O) groups is 1. The Morgan fingerprint density at radius 3 is 2.32 bits per heavy atom. The first-order chi connectivity index (χ1) is 15.0. The summed E-state index contributed by atoms with van der Waals surface area (Å²) < 4.78 is 16.8. The van der Waals surface area contributed by atoms with Gasteiger partial charge in [-0.15, -0.1) is 0 Å². The minimum Gasteiger partial charge on any atom is -0.493 e. The van der Waals surface area contributed by atoms with Crippen molar-refractivity contribution >= 4 is 44.9 Å². The number of rotatable bonds is 9. The largest absolute Gasteiger partial charge is 0.493 e. The lowest BCUT2D eigenvalue weighted by Crippen LogP contribution is -2.06. The Balaban J connectivity index is 1.92. The fourth-order valence-electron chi connectivity index (χ4n) is 2.95. The standard InChI is InChI=1S/C22H23BrN4O4/c1-5-17(28)14-8-6-7-9-16(14)26-21-15(23)12-24-22(27-21)25-13-10-18(29-2)20(31-4)19(11-13)30-3/h6-12H,5H2,1-4H3,(H2,24,25,26,27). The first-order valence-electron chi connectivity index (χ1n) is 9.49. The Hall–Kier alpha value is -3.33. The maximum atomic E-state index is 12.3. The van der Waals surface area contributed by atoms with Crippen LogP contribution >= 0.6 is 15.9 Å². The summed E-state index contributed by atoms with van der Waals surface area (Å²) in [6, 6.07) is 10.8. The van der Waals surface area contributed by atoms with Gasteiger partial charge in [0.05, 0.1) is 31.5 Å². The molecule has 2 N–H and O–H groups in total. The van der Waals surface area contributed by atoms with E-state index in [0.717, 1.165) is 0 Å². The number of carbonyl (C=O) groups excluding carboxylic acids is 1. The molecule has 0 spiro atoms. The van der Waals surface area contributed by atoms with E-state index in [1.165, 1.54) is 0 Å². The minimum absolute atomic E-state index is 0.0454. The van der Waals surface area contributed by atoms with E-state index < -0.39 is 0 Å². The van der Waals surface area contributed by atoms with Crippen LogP contribution in [-0.2, 0) is 0 Å². The van der Waals surface area contributed by atoms with Gasteiger partial charge in [0.15, 0.2) is 17.3 Å². The normalized spacial score (nSPS) is 10.4.